The van der Waals surface area contributed by atoms with Crippen LogP contribution in [0.1, 0.15) is 83.3 Å². The van der Waals surface area contributed by atoms with Gasteiger partial charge in [-0.25, -0.2) is 0 Å². The van der Waals surface area contributed by atoms with Crippen molar-refractivity contribution in [3.05, 3.63) is 35.4 Å². The Hall–Kier alpha value is -1.35. The standard InChI is InChI=1S/C23H39NO2/c1-18(2)7-5-8-19(3)9-6-10-21-11-13-22(14-12-21)20(4)17-23(26)24-15-16-25/h11-14,18-20,25H,5-10,15-17H2,1-4H3,(H,24,26). The molecule has 1 amide bonds. The second-order valence-corrected chi connectivity index (χ2v) is 8.24. The third-order valence-corrected chi connectivity index (χ3v) is 5.12. The van der Waals surface area contributed by atoms with E-state index in [1.807, 2.05) is 0 Å². The number of rotatable bonds is 13. The Balaban J connectivity index is 2.30. The molecule has 0 saturated carbocycles. The third kappa shape index (κ3) is 9.96. The van der Waals surface area contributed by atoms with Crippen LogP contribution in [0.5, 0.6) is 0 Å². The second kappa shape index (κ2) is 12.9. The lowest BCUT2D eigenvalue weighted by Crippen LogP contribution is -2.27. The molecule has 0 bridgehead atoms. The van der Waals surface area contributed by atoms with Crippen molar-refractivity contribution in [2.24, 2.45) is 11.8 Å². The molecule has 0 fully saturated rings. The van der Waals surface area contributed by atoms with Crippen molar-refractivity contribution >= 4 is 5.91 Å². The number of aryl methyl sites for hydroxylation is 1. The quantitative estimate of drug-likeness (QED) is 0.515. The molecule has 3 heteroatoms. The van der Waals surface area contributed by atoms with Crippen molar-refractivity contribution in [2.45, 2.75) is 78.6 Å². The molecular formula is C23H39NO2. The number of benzene rings is 1. The van der Waals surface area contributed by atoms with E-state index in [2.05, 4.69) is 57.3 Å². The fourth-order valence-corrected chi connectivity index (χ4v) is 3.35. The first-order valence-electron chi connectivity index (χ1n) is 10.4. The molecule has 0 heterocycles. The summed E-state index contributed by atoms with van der Waals surface area (Å²) >= 11 is 0. The normalized spacial score (nSPS) is 13.6. The molecule has 0 aliphatic rings. The number of carbonyl (C=O) groups is 1. The minimum Gasteiger partial charge on any atom is -0.395 e. The highest BCUT2D eigenvalue weighted by molar-refractivity contribution is 5.76. The lowest BCUT2D eigenvalue weighted by atomic mass is 9.93. The Labute approximate surface area is 160 Å². The van der Waals surface area contributed by atoms with Crippen LogP contribution in [0.4, 0.5) is 0 Å². The molecule has 2 unspecified atom stereocenters. The summed E-state index contributed by atoms with van der Waals surface area (Å²) in [5.41, 5.74) is 2.59. The van der Waals surface area contributed by atoms with E-state index in [1.54, 1.807) is 0 Å². The smallest absolute Gasteiger partial charge is 0.220 e. The first-order chi connectivity index (χ1) is 12.4. The predicted molar refractivity (Wildman–Crippen MR) is 110 cm³/mol. The van der Waals surface area contributed by atoms with Gasteiger partial charge in [0, 0.05) is 13.0 Å². The van der Waals surface area contributed by atoms with E-state index >= 15 is 0 Å². The largest absolute Gasteiger partial charge is 0.395 e. The number of carbonyl (C=O) groups excluding carboxylic acids is 1. The summed E-state index contributed by atoms with van der Waals surface area (Å²) in [6.07, 6.45) is 8.22. The van der Waals surface area contributed by atoms with Gasteiger partial charge in [-0.15, -0.1) is 0 Å². The first kappa shape index (κ1) is 22.7. The van der Waals surface area contributed by atoms with E-state index in [0.717, 1.165) is 18.3 Å². The highest BCUT2D eigenvalue weighted by Gasteiger charge is 2.11. The van der Waals surface area contributed by atoms with E-state index in [0.29, 0.717) is 13.0 Å². The van der Waals surface area contributed by atoms with Gasteiger partial charge >= 0.3 is 0 Å². The average Bonchev–Trinajstić information content (AvgIpc) is 2.60. The second-order valence-electron chi connectivity index (χ2n) is 8.24. The molecule has 0 spiro atoms. The van der Waals surface area contributed by atoms with Gasteiger partial charge in [0.05, 0.1) is 6.61 Å². The van der Waals surface area contributed by atoms with Gasteiger partial charge < -0.3 is 10.4 Å². The lowest BCUT2D eigenvalue weighted by Gasteiger charge is -2.14. The van der Waals surface area contributed by atoms with Crippen LogP contribution in [0.25, 0.3) is 0 Å². The Morgan fingerprint density at radius 1 is 1.00 bits per heavy atom. The molecule has 0 saturated heterocycles. The van der Waals surface area contributed by atoms with Crippen molar-refractivity contribution < 1.29 is 9.90 Å². The zero-order valence-corrected chi connectivity index (χ0v) is 17.3. The van der Waals surface area contributed by atoms with Crippen LogP contribution < -0.4 is 5.32 Å². The Morgan fingerprint density at radius 3 is 2.27 bits per heavy atom. The van der Waals surface area contributed by atoms with Crippen LogP contribution >= 0.6 is 0 Å². The molecule has 1 aromatic carbocycles. The third-order valence-electron chi connectivity index (χ3n) is 5.12. The Kier molecular flexibility index (Phi) is 11.3. The molecule has 1 rings (SSSR count). The van der Waals surface area contributed by atoms with Gasteiger partial charge in [0.15, 0.2) is 0 Å². The van der Waals surface area contributed by atoms with Gasteiger partial charge in [-0.1, -0.05) is 77.6 Å². The zero-order valence-electron chi connectivity index (χ0n) is 17.3. The molecule has 1 aromatic rings. The SMILES string of the molecule is CC(C)CCCC(C)CCCc1ccc(C(C)CC(=O)NCCO)cc1. The van der Waals surface area contributed by atoms with Gasteiger partial charge in [0.25, 0.3) is 0 Å². The summed E-state index contributed by atoms with van der Waals surface area (Å²) in [4.78, 5) is 11.7. The van der Waals surface area contributed by atoms with Gasteiger partial charge in [-0.05, 0) is 41.7 Å². The van der Waals surface area contributed by atoms with Gasteiger partial charge in [0.1, 0.15) is 0 Å². The molecule has 0 aromatic heterocycles. The van der Waals surface area contributed by atoms with Crippen LogP contribution in [0.15, 0.2) is 24.3 Å². The van der Waals surface area contributed by atoms with E-state index in [-0.39, 0.29) is 18.4 Å². The highest BCUT2D eigenvalue weighted by Crippen LogP contribution is 2.21. The fourth-order valence-electron chi connectivity index (χ4n) is 3.35. The molecule has 2 N–H and O–H groups in total. The highest BCUT2D eigenvalue weighted by atomic mass is 16.3. The maximum atomic E-state index is 11.7. The predicted octanol–water partition coefficient (Wildman–Crippen LogP) is 5.07. The number of hydrogen-bond donors (Lipinski definition) is 2. The number of amides is 1. The fraction of sp³-hybridized carbons (Fsp3) is 0.696. The topological polar surface area (TPSA) is 49.3 Å². The molecule has 148 valence electrons. The van der Waals surface area contributed by atoms with Crippen LogP contribution in [0.3, 0.4) is 0 Å². The first-order valence-corrected chi connectivity index (χ1v) is 10.4. The lowest BCUT2D eigenvalue weighted by molar-refractivity contribution is -0.121. The van der Waals surface area contributed by atoms with Crippen molar-refractivity contribution in [1.82, 2.24) is 5.32 Å². The number of hydrogen-bond acceptors (Lipinski definition) is 2. The Morgan fingerprint density at radius 2 is 1.65 bits per heavy atom. The number of aliphatic hydroxyl groups is 1. The molecule has 0 aliphatic carbocycles. The van der Waals surface area contributed by atoms with Gasteiger partial charge in [-0.2, -0.15) is 0 Å². The zero-order chi connectivity index (χ0) is 19.4. The van der Waals surface area contributed by atoms with Crippen LogP contribution in [0, 0.1) is 11.8 Å². The molecule has 0 aliphatic heterocycles. The van der Waals surface area contributed by atoms with Crippen molar-refractivity contribution in [3.8, 4) is 0 Å². The molecule has 2 atom stereocenters. The summed E-state index contributed by atoms with van der Waals surface area (Å²) in [6, 6.07) is 8.73. The summed E-state index contributed by atoms with van der Waals surface area (Å²) in [6.45, 7) is 9.39. The summed E-state index contributed by atoms with van der Waals surface area (Å²) in [5.74, 6) is 1.85. The molecule has 3 nitrogen and oxygen atoms in total. The number of aliphatic hydroxyl groups excluding tert-OH is 1. The minimum atomic E-state index is -0.00877. The average molecular weight is 362 g/mol. The summed E-state index contributed by atoms with van der Waals surface area (Å²) in [7, 11) is 0. The maximum absolute atomic E-state index is 11.7. The molecule has 0 radical (unpaired) electrons. The Bertz CT molecular complexity index is 495. The monoisotopic (exact) mass is 361 g/mol. The summed E-state index contributed by atoms with van der Waals surface area (Å²) < 4.78 is 0. The van der Waals surface area contributed by atoms with Crippen LogP contribution in [-0.2, 0) is 11.2 Å². The van der Waals surface area contributed by atoms with E-state index in [4.69, 9.17) is 5.11 Å². The maximum Gasteiger partial charge on any atom is 0.220 e. The summed E-state index contributed by atoms with van der Waals surface area (Å²) in [5, 5.41) is 11.5. The van der Waals surface area contributed by atoms with E-state index in [9.17, 15) is 4.79 Å². The van der Waals surface area contributed by atoms with Crippen LogP contribution in [0.2, 0.25) is 0 Å². The van der Waals surface area contributed by atoms with Crippen molar-refractivity contribution in [2.75, 3.05) is 13.2 Å². The molecule has 26 heavy (non-hydrogen) atoms. The van der Waals surface area contributed by atoms with E-state index < -0.39 is 0 Å². The minimum absolute atomic E-state index is 0.00193. The van der Waals surface area contributed by atoms with E-state index in [1.165, 1.54) is 43.2 Å². The van der Waals surface area contributed by atoms with Crippen LogP contribution in [-0.4, -0.2) is 24.2 Å². The van der Waals surface area contributed by atoms with Gasteiger partial charge in [0.2, 0.25) is 5.91 Å². The molecular weight excluding hydrogens is 322 g/mol. The van der Waals surface area contributed by atoms with Gasteiger partial charge in [-0.3, -0.25) is 4.79 Å². The van der Waals surface area contributed by atoms with Crippen molar-refractivity contribution in [3.63, 3.8) is 0 Å². The van der Waals surface area contributed by atoms with Crippen molar-refractivity contribution in [1.29, 1.82) is 0 Å². The number of nitrogens with one attached hydrogen (secondary N) is 1.